The van der Waals surface area contributed by atoms with Gasteiger partial charge in [0.05, 0.1) is 36.9 Å². The maximum Gasteiger partial charge on any atom is 0.289 e. The van der Waals surface area contributed by atoms with Gasteiger partial charge in [0.25, 0.3) is 5.91 Å². The van der Waals surface area contributed by atoms with E-state index >= 15 is 0 Å². The lowest BCUT2D eigenvalue weighted by molar-refractivity contribution is -0.153. The molecule has 9 heteroatoms. The summed E-state index contributed by atoms with van der Waals surface area (Å²) in [6, 6.07) is 6.60. The number of ether oxygens (including phenoxy) is 2. The zero-order chi connectivity index (χ0) is 25.6. The van der Waals surface area contributed by atoms with Gasteiger partial charge < -0.3 is 18.9 Å². The van der Waals surface area contributed by atoms with Crippen molar-refractivity contribution in [2.75, 3.05) is 7.11 Å². The van der Waals surface area contributed by atoms with Crippen molar-refractivity contribution >= 4 is 12.0 Å². The minimum atomic E-state index is -1.52. The lowest BCUT2D eigenvalue weighted by Gasteiger charge is -2.48. The third-order valence-corrected chi connectivity index (χ3v) is 6.85. The molecule has 0 spiro atoms. The molecule has 2 fully saturated rings. The van der Waals surface area contributed by atoms with Crippen LogP contribution < -0.4 is 4.74 Å². The van der Waals surface area contributed by atoms with Gasteiger partial charge in [0, 0.05) is 6.20 Å². The van der Waals surface area contributed by atoms with Crippen molar-refractivity contribution in [1.82, 2.24) is 14.5 Å². The van der Waals surface area contributed by atoms with Gasteiger partial charge in [-0.3, -0.25) is 4.79 Å². The SMILES string of the molecule is COc1cc(C=C2O[C@H](C)[C@H]3CCC[C@@H](c4cc(F)c(F)c(F)c4)N3C2=O)ccc1-n1cnc(C)c1. The minimum absolute atomic E-state index is 0.127. The van der Waals surface area contributed by atoms with Crippen molar-refractivity contribution in [1.29, 1.82) is 0 Å². The number of rotatable bonds is 4. The largest absolute Gasteiger partial charge is 0.495 e. The maximum absolute atomic E-state index is 14.0. The van der Waals surface area contributed by atoms with Gasteiger partial charge in [0.1, 0.15) is 11.9 Å². The number of nitrogens with zero attached hydrogens (tertiary/aromatic N) is 3. The quantitative estimate of drug-likeness (QED) is 0.354. The van der Waals surface area contributed by atoms with Crippen LogP contribution in [0.1, 0.15) is 49.0 Å². The highest BCUT2D eigenvalue weighted by Gasteiger charge is 2.44. The second kappa shape index (κ2) is 9.37. The summed E-state index contributed by atoms with van der Waals surface area (Å²) in [7, 11) is 1.56. The number of benzene rings is 2. The maximum atomic E-state index is 14.0. The van der Waals surface area contributed by atoms with Gasteiger partial charge in [-0.05, 0) is 74.6 Å². The number of aryl methyl sites for hydroxylation is 1. The average molecular weight is 498 g/mol. The molecule has 2 aliphatic rings. The zero-order valence-electron chi connectivity index (χ0n) is 20.2. The Bertz CT molecular complexity index is 1330. The van der Waals surface area contributed by atoms with Crippen LogP contribution >= 0.6 is 0 Å². The van der Waals surface area contributed by atoms with Crippen molar-refractivity contribution in [2.24, 2.45) is 0 Å². The molecule has 0 N–H and O–H groups in total. The van der Waals surface area contributed by atoms with Crippen LogP contribution in [-0.4, -0.2) is 39.6 Å². The molecule has 1 amide bonds. The van der Waals surface area contributed by atoms with Crippen molar-refractivity contribution in [3.63, 3.8) is 0 Å². The number of piperidine rings is 1. The van der Waals surface area contributed by atoms with E-state index < -0.39 is 23.5 Å². The van der Waals surface area contributed by atoms with Gasteiger partial charge in [-0.25, -0.2) is 18.2 Å². The van der Waals surface area contributed by atoms with Crippen LogP contribution in [0.25, 0.3) is 11.8 Å². The van der Waals surface area contributed by atoms with Crippen LogP contribution in [0, 0.1) is 24.4 Å². The number of amides is 1. The first-order valence-electron chi connectivity index (χ1n) is 11.8. The normalized spacial score (nSPS) is 22.9. The number of imidazole rings is 1. The van der Waals surface area contributed by atoms with Gasteiger partial charge in [0.15, 0.2) is 23.2 Å². The van der Waals surface area contributed by atoms with Crippen LogP contribution in [0.15, 0.2) is 48.6 Å². The fourth-order valence-corrected chi connectivity index (χ4v) is 5.13. The molecule has 2 aromatic carbocycles. The number of halogens is 3. The van der Waals surface area contributed by atoms with Crippen molar-refractivity contribution in [2.45, 2.75) is 51.3 Å². The van der Waals surface area contributed by atoms with Crippen molar-refractivity contribution in [3.8, 4) is 11.4 Å². The summed E-state index contributed by atoms with van der Waals surface area (Å²) in [4.78, 5) is 19.5. The number of carbonyl (C=O) groups excluding carboxylic acids is 1. The smallest absolute Gasteiger partial charge is 0.289 e. The number of methoxy groups -OCH3 is 1. The Morgan fingerprint density at radius 1 is 1.14 bits per heavy atom. The van der Waals surface area contributed by atoms with E-state index in [1.54, 1.807) is 30.5 Å². The van der Waals surface area contributed by atoms with Crippen molar-refractivity contribution in [3.05, 3.63) is 82.9 Å². The molecule has 36 heavy (non-hydrogen) atoms. The Morgan fingerprint density at radius 2 is 1.89 bits per heavy atom. The van der Waals surface area contributed by atoms with E-state index in [1.807, 2.05) is 36.7 Å². The molecule has 2 saturated heterocycles. The summed E-state index contributed by atoms with van der Waals surface area (Å²) in [5, 5.41) is 0. The molecule has 188 valence electrons. The van der Waals surface area contributed by atoms with E-state index in [2.05, 4.69) is 4.98 Å². The number of fused-ring (bicyclic) bond motifs is 1. The Balaban J connectivity index is 1.49. The number of hydrogen-bond donors (Lipinski definition) is 0. The third kappa shape index (κ3) is 4.23. The Kier molecular flexibility index (Phi) is 6.24. The van der Waals surface area contributed by atoms with Crippen LogP contribution in [-0.2, 0) is 9.53 Å². The highest BCUT2D eigenvalue weighted by atomic mass is 19.2. The minimum Gasteiger partial charge on any atom is -0.495 e. The molecular weight excluding hydrogens is 471 g/mol. The number of aromatic nitrogens is 2. The van der Waals surface area contributed by atoms with E-state index in [0.29, 0.717) is 24.2 Å². The standard InChI is InChI=1S/C27H26F3N3O3/c1-15-13-32(14-31-15)23-8-7-17(9-24(23)35-3)10-25-27(34)33-21(16(2)36-25)5-4-6-22(33)18-11-19(28)26(30)20(29)12-18/h7-14,16,21-22H,4-6H2,1-3H3/t16-,21-,22+/m1/s1. The summed E-state index contributed by atoms with van der Waals surface area (Å²) in [6.45, 7) is 3.77. The highest BCUT2D eigenvalue weighted by molar-refractivity contribution is 5.97. The Labute approximate surface area is 207 Å². The first kappa shape index (κ1) is 24.0. The highest BCUT2D eigenvalue weighted by Crippen LogP contribution is 2.41. The van der Waals surface area contributed by atoms with Crippen LogP contribution in [0.3, 0.4) is 0 Å². The molecule has 5 rings (SSSR count). The molecule has 2 aliphatic heterocycles. The van der Waals surface area contributed by atoms with Gasteiger partial charge in [0.2, 0.25) is 0 Å². The molecule has 0 aliphatic carbocycles. The van der Waals surface area contributed by atoms with Crippen LogP contribution in [0.4, 0.5) is 13.2 Å². The number of carbonyl (C=O) groups is 1. The molecule has 0 unspecified atom stereocenters. The van der Waals surface area contributed by atoms with Crippen molar-refractivity contribution < 1.29 is 27.4 Å². The van der Waals surface area contributed by atoms with E-state index in [4.69, 9.17) is 9.47 Å². The fourth-order valence-electron chi connectivity index (χ4n) is 5.13. The summed E-state index contributed by atoms with van der Waals surface area (Å²) in [5.41, 5.74) is 2.58. The van der Waals surface area contributed by atoms with E-state index in [-0.39, 0.29) is 29.4 Å². The molecule has 3 atom stereocenters. The van der Waals surface area contributed by atoms with E-state index in [1.165, 1.54) is 0 Å². The molecule has 3 aromatic rings. The van der Waals surface area contributed by atoms with Crippen LogP contribution in [0.5, 0.6) is 5.75 Å². The number of hydrogen-bond acceptors (Lipinski definition) is 4. The summed E-state index contributed by atoms with van der Waals surface area (Å²) < 4.78 is 55.0. The zero-order valence-corrected chi connectivity index (χ0v) is 20.2. The molecule has 1 aromatic heterocycles. The summed E-state index contributed by atoms with van der Waals surface area (Å²) in [5.74, 6) is -3.71. The van der Waals surface area contributed by atoms with Gasteiger partial charge in [-0.1, -0.05) is 6.07 Å². The summed E-state index contributed by atoms with van der Waals surface area (Å²) in [6.07, 6.45) is 6.84. The van der Waals surface area contributed by atoms with Crippen LogP contribution in [0.2, 0.25) is 0 Å². The molecule has 0 bridgehead atoms. The van der Waals surface area contributed by atoms with Gasteiger partial charge in [-0.2, -0.15) is 0 Å². The average Bonchev–Trinajstić information content (AvgIpc) is 3.30. The molecule has 3 heterocycles. The second-order valence-electron chi connectivity index (χ2n) is 9.21. The Morgan fingerprint density at radius 3 is 2.56 bits per heavy atom. The van der Waals surface area contributed by atoms with Gasteiger partial charge >= 0.3 is 0 Å². The predicted molar refractivity (Wildman–Crippen MR) is 127 cm³/mol. The topological polar surface area (TPSA) is 56.6 Å². The fraction of sp³-hybridized carbons (Fsp3) is 0.333. The first-order chi connectivity index (χ1) is 17.3. The number of morpholine rings is 1. The summed E-state index contributed by atoms with van der Waals surface area (Å²) >= 11 is 0. The molecule has 0 saturated carbocycles. The Hall–Kier alpha value is -3.75. The van der Waals surface area contributed by atoms with E-state index in [9.17, 15) is 18.0 Å². The second-order valence-corrected chi connectivity index (χ2v) is 9.21. The third-order valence-electron chi connectivity index (χ3n) is 6.85. The first-order valence-corrected chi connectivity index (χ1v) is 11.8. The van der Waals surface area contributed by atoms with Gasteiger partial charge in [-0.15, -0.1) is 0 Å². The molecule has 0 radical (unpaired) electrons. The lowest BCUT2D eigenvalue weighted by atomic mass is 9.87. The molecule has 6 nitrogen and oxygen atoms in total. The monoisotopic (exact) mass is 497 g/mol. The lowest BCUT2D eigenvalue weighted by Crippen LogP contribution is -2.55. The van der Waals surface area contributed by atoms with E-state index in [0.717, 1.165) is 29.9 Å². The molecular formula is C27H26F3N3O3. The predicted octanol–water partition coefficient (Wildman–Crippen LogP) is 5.49.